The molecule has 0 aliphatic carbocycles. The van der Waals surface area contributed by atoms with Gasteiger partial charge in [-0.05, 0) is 75.2 Å². The Morgan fingerprint density at radius 3 is 1.53 bits per heavy atom. The van der Waals surface area contributed by atoms with Gasteiger partial charge in [-0.15, -0.1) is 0 Å². The van der Waals surface area contributed by atoms with Gasteiger partial charge >= 0.3 is 12.0 Å². The number of benzene rings is 1. The van der Waals surface area contributed by atoms with E-state index < -0.39 is 338 Å². The first-order valence-electron chi connectivity index (χ1n) is 47.3. The van der Waals surface area contributed by atoms with Gasteiger partial charge in [0.2, 0.25) is 136 Å². The quantitative estimate of drug-likeness (QED) is 0.0273. The average Bonchev–Trinajstić information content (AvgIpc) is 0.994. The minimum atomic E-state index is -2.40. The molecule has 1 unspecified atom stereocenters. The third-order valence-corrected chi connectivity index (χ3v) is 25.0. The monoisotopic (exact) mass is 2030 g/mol. The number of ether oxygens (including phenoxy) is 2. The molecule has 51 heteroatoms. The van der Waals surface area contributed by atoms with E-state index in [9.17, 15) is 81.5 Å². The number of hydrogen-bond acceptors (Lipinski definition) is 27. The molecule has 0 saturated carbocycles. The highest BCUT2D eigenvalue weighted by Gasteiger charge is 2.49. The van der Waals surface area contributed by atoms with Crippen molar-refractivity contribution < 1.29 is 129 Å². The number of carbonyl (C=O) groups is 25. The highest BCUT2D eigenvalue weighted by atomic mass is 16.5. The lowest BCUT2D eigenvalue weighted by molar-refractivity contribution is -0.163. The summed E-state index contributed by atoms with van der Waals surface area (Å²) >= 11 is 0. The number of likely N-dealkylation sites (N-methyl/N-ethyl adjacent to an activating group) is 7. The second kappa shape index (κ2) is 57.1. The number of nitrogens with zero attached hydrogens (tertiary/aromatic N) is 7. The van der Waals surface area contributed by atoms with E-state index in [1.165, 1.54) is 49.3 Å². The highest BCUT2D eigenvalue weighted by molar-refractivity contribution is 6.06. The van der Waals surface area contributed by atoms with Crippen LogP contribution in [0.1, 0.15) is 181 Å². The summed E-state index contributed by atoms with van der Waals surface area (Å²) in [4.78, 5) is 362. The number of urea groups is 1. The summed E-state index contributed by atoms with van der Waals surface area (Å²) in [5.74, 6) is -31.4. The smallest absolute Gasteiger partial charge is 0.329 e. The number of esters is 1. The number of imide groups is 1. The van der Waals surface area contributed by atoms with Gasteiger partial charge in [-0.1, -0.05) is 133 Å². The molecule has 1 fully saturated rings. The Labute approximate surface area is 836 Å². The Kier molecular flexibility index (Phi) is 49.1. The minimum absolute atomic E-state index is 0.0133. The molecule has 1 aromatic rings. The predicted molar refractivity (Wildman–Crippen MR) is 516 cm³/mol. The van der Waals surface area contributed by atoms with Crippen LogP contribution < -0.4 is 92.5 Å². The van der Waals surface area contributed by atoms with Crippen LogP contribution in [0.5, 0.6) is 0 Å². The lowest BCUT2D eigenvalue weighted by Gasteiger charge is -2.42. The van der Waals surface area contributed by atoms with E-state index in [4.69, 9.17) is 38.1 Å². The molecule has 0 aromatic heterocycles. The van der Waals surface area contributed by atoms with Gasteiger partial charge in [0, 0.05) is 74.1 Å². The van der Waals surface area contributed by atoms with Crippen LogP contribution in [0, 0.1) is 35.5 Å². The summed E-state index contributed by atoms with van der Waals surface area (Å²) in [5, 5.41) is 28.1. The van der Waals surface area contributed by atoms with E-state index in [-0.39, 0.29) is 43.4 Å². The van der Waals surface area contributed by atoms with Crippen molar-refractivity contribution in [1.82, 2.24) is 98.1 Å². The largest absolute Gasteiger partial charge is 0.458 e. The summed E-state index contributed by atoms with van der Waals surface area (Å²) in [6.45, 7) is 22.1. The number of amides is 25. The number of rotatable bonds is 39. The molecule has 2 aliphatic rings. The number of hydrogen-bond donors (Lipinski definition) is 17. The molecule has 22 N–H and O–H groups in total. The molecular weight excluding hydrogens is 1890 g/mol. The first-order chi connectivity index (χ1) is 66.9. The van der Waals surface area contributed by atoms with E-state index in [2.05, 4.69) is 58.5 Å². The molecule has 25 amide bonds. The van der Waals surface area contributed by atoms with Gasteiger partial charge in [-0.3, -0.25) is 116 Å². The predicted octanol–water partition coefficient (Wildman–Crippen LogP) is -6.49. The number of methoxy groups -OCH3 is 1. The normalized spacial score (nSPS) is 21.8. The molecule has 0 radical (unpaired) electrons. The van der Waals surface area contributed by atoms with Crippen LogP contribution in [0.25, 0.3) is 0 Å². The zero-order valence-corrected chi connectivity index (χ0v) is 86.4. The first kappa shape index (κ1) is 124. The molecule has 20 atom stereocenters. The summed E-state index contributed by atoms with van der Waals surface area (Å²) in [6.07, 6.45) is -7.56. The maximum atomic E-state index is 15.6. The van der Waals surface area contributed by atoms with E-state index in [0.717, 1.165) is 71.2 Å². The van der Waals surface area contributed by atoms with Gasteiger partial charge in [0.1, 0.15) is 103 Å². The Morgan fingerprint density at radius 2 is 1.02 bits per heavy atom. The van der Waals surface area contributed by atoms with E-state index >= 15 is 38.4 Å². The lowest BCUT2D eigenvalue weighted by Crippen LogP contribution is -2.63. The maximum absolute atomic E-state index is 15.6. The fourth-order valence-corrected chi connectivity index (χ4v) is 16.5. The second-order valence-corrected chi connectivity index (χ2v) is 37.7. The summed E-state index contributed by atoms with van der Waals surface area (Å²) in [5.41, 5.74) is 28.0. The Morgan fingerprint density at radius 1 is 0.507 bits per heavy atom. The highest BCUT2D eigenvalue weighted by Crippen LogP contribution is 2.28. The summed E-state index contributed by atoms with van der Waals surface area (Å²) in [7, 11) is 9.56. The molecule has 802 valence electrons. The van der Waals surface area contributed by atoms with Crippen molar-refractivity contribution in [3.05, 3.63) is 47.2 Å². The van der Waals surface area contributed by atoms with Crippen molar-refractivity contribution in [3.63, 3.8) is 0 Å². The molecule has 1 saturated heterocycles. The zero-order valence-electron chi connectivity index (χ0n) is 86.4. The third kappa shape index (κ3) is 36.0. The Balaban J connectivity index is 2.33. The fraction of sp³-hybridized carbons (Fsp3) is 0.645. The van der Waals surface area contributed by atoms with Crippen LogP contribution in [0.15, 0.2) is 41.6 Å². The first-order valence-corrected chi connectivity index (χ1v) is 47.3. The van der Waals surface area contributed by atoms with E-state index in [1.807, 2.05) is 0 Å². The zero-order chi connectivity index (χ0) is 110. The maximum Gasteiger partial charge on any atom is 0.329 e. The van der Waals surface area contributed by atoms with Crippen LogP contribution in [0.2, 0.25) is 0 Å². The molecule has 51 nitrogen and oxygen atoms in total. The summed E-state index contributed by atoms with van der Waals surface area (Å²) < 4.78 is 11.0. The van der Waals surface area contributed by atoms with Crippen molar-refractivity contribution >= 4 is 148 Å². The Hall–Kier alpha value is -14.3. The van der Waals surface area contributed by atoms with E-state index in [0.29, 0.717) is 10.5 Å². The number of primary amides is 5. The molecule has 144 heavy (non-hydrogen) atoms. The van der Waals surface area contributed by atoms with Gasteiger partial charge in [0.05, 0.1) is 51.1 Å². The van der Waals surface area contributed by atoms with Crippen molar-refractivity contribution in [1.29, 1.82) is 0 Å². The number of carbonyl (C=O) groups excluding carboxylic acids is 25. The molecular formula is C93H148N24O27. The summed E-state index contributed by atoms with van der Waals surface area (Å²) in [6, 6.07) is -20.5. The molecule has 2 aliphatic heterocycles. The van der Waals surface area contributed by atoms with Gasteiger partial charge in [-0.2, -0.15) is 0 Å². The number of cyclic esters (lactones) is 1. The molecule has 3 rings (SSSR count). The van der Waals surface area contributed by atoms with E-state index in [1.54, 1.807) is 112 Å². The van der Waals surface area contributed by atoms with Crippen molar-refractivity contribution in [3.8, 4) is 0 Å². The Bertz CT molecular complexity index is 4920. The topological polar surface area (TPSA) is 742 Å². The van der Waals surface area contributed by atoms with Crippen molar-refractivity contribution in [2.45, 2.75) is 284 Å². The molecule has 1 aromatic carbocycles. The number of fused-ring (bicyclic) bond motifs is 1. The van der Waals surface area contributed by atoms with Crippen LogP contribution in [0.3, 0.4) is 0 Å². The van der Waals surface area contributed by atoms with Crippen LogP contribution in [-0.2, 0) is 131 Å². The SMILES string of the molecule is CC[C@@H](C)[C@@H](C(=O)N(C)[C@H](C(=O)N(C)[C@@H](CC(C)C)C(=O)N[C@@H](CC(N)=O)C(=O)NC1C(=O)N[C@@H](CC(N)=O)C(=O)N(C)CC(=O)N[C@@H](CC(N)=O)C(=O)N[C@@H](C)C(=O)N[C@H]([C@H](C)CC)C(=O)N[C@H]2CC(=O)NC2=C(C)C(=O)N[C@@H](CC(=O)NC(N)=O)C(=O)N[C@H](C)C(=O)N(C)[C@H]([C@@H](C)CC)C(=O)O[C@@H]1C)C(C)C)N(C)C(=O)[C@H](CC(N)=O)N(C)C(=O)[C@H](C(C)C)N(C)C(=O)[C@@H](Cc1ccccc1)NC(=O)COC. The van der Waals surface area contributed by atoms with Gasteiger partial charge in [0.15, 0.2) is 0 Å². The molecule has 0 spiro atoms. The van der Waals surface area contributed by atoms with Crippen LogP contribution in [0.4, 0.5) is 4.79 Å². The van der Waals surface area contributed by atoms with Gasteiger partial charge in [0.25, 0.3) is 0 Å². The third-order valence-electron chi connectivity index (χ3n) is 25.0. The lowest BCUT2D eigenvalue weighted by atomic mass is 9.92. The van der Waals surface area contributed by atoms with Gasteiger partial charge in [-0.25, -0.2) is 9.59 Å². The standard InChI is InChI=1S/C93H148N24O27/c1-25-46(10)70-83(132)103-54-38-66(122)107-71(54)49(13)77(126)104-57(39-67(123)108-93(98)142)80(129)100-51(15)85(134)117(23)76(48(12)27-3)92(141)144-52(16)72(84(133)106-59(37-64(96)120)86(135)111(17)41-68(124)101-55(35-62(94)118)79(128)99-50(14)78(127)109-70)110-81(130)56(36-63(95)119)105-82(131)60(33-43(4)5)112(18)89(138)74(45(8)9)115(21)91(140)75(47(11)26-2)116(22)88(137)61(40-65(97)121)113(19)90(139)73(44(6)7)114(20)87(136)58(102-69(125)42-143-24)34-53-31-29-28-30-32-53/h28-32,43-48,50-52,54-61,70,72-76H,25-27,33-42H2,1-24H3,(H2,94,118)(H2,95,119)(H2,96,120)(H2,97,121)(H,99,128)(H,100,129)(H,101,124)(H,102,125)(H,103,132)(H,104,126)(H,105,131)(H,106,133)(H,107,122)(H,109,127)(H,110,130)(H3,98,108,123,142)/t46-,47-,48+,50+,51-,52-,54+,55+,56+,57+,58-,59+,60+,61+,70-,72?,73+,74+,75+,76-/m1/s1. The van der Waals surface area contributed by atoms with Crippen LogP contribution >= 0.6 is 0 Å². The second-order valence-electron chi connectivity index (χ2n) is 37.7. The number of nitrogens with one attached hydrogen (secondary N) is 12. The molecule has 0 bridgehead atoms. The van der Waals surface area contributed by atoms with Crippen molar-refractivity contribution in [2.75, 3.05) is 69.6 Å². The average molecular weight is 2030 g/mol. The minimum Gasteiger partial charge on any atom is -0.458 e. The fourth-order valence-electron chi connectivity index (χ4n) is 16.5. The van der Waals surface area contributed by atoms with Gasteiger partial charge < -0.3 is 131 Å². The van der Waals surface area contributed by atoms with Crippen LogP contribution in [-0.4, -0.2) is 355 Å². The van der Waals surface area contributed by atoms with Crippen molar-refractivity contribution in [2.24, 2.45) is 64.2 Å². The molecule has 2 heterocycles. The number of nitrogens with two attached hydrogens (primary N) is 5.